The number of hydrogen-bond donors (Lipinski definition) is 1. The number of nitrogens with one attached hydrogen (secondary N) is 1. The number of anilines is 1. The van der Waals surface area contributed by atoms with Crippen LogP contribution < -0.4 is 14.4 Å². The molecule has 9 nitrogen and oxygen atoms in total. The Morgan fingerprint density at radius 3 is 2.36 bits per heavy atom. The SMILES string of the molecule is COCOc1cc(-c2cn[nH]c2)c(F)cc1-c1ccc(N(C)[C@@H]2C[C@]3(C)CCC[C@](C)(C2)N3Cc2ccc(OC)cc2)nn1. The van der Waals surface area contributed by atoms with Crippen LogP contribution in [0.3, 0.4) is 0 Å². The van der Waals surface area contributed by atoms with Crippen molar-refractivity contribution < 1.29 is 18.6 Å². The van der Waals surface area contributed by atoms with Gasteiger partial charge in [-0.05, 0) is 87.9 Å². The van der Waals surface area contributed by atoms with Gasteiger partial charge in [-0.25, -0.2) is 4.39 Å². The number of piperidine rings is 2. The maximum Gasteiger partial charge on any atom is 0.188 e. The number of H-pyrrole nitrogens is 1. The number of benzene rings is 2. The number of fused-ring (bicyclic) bond motifs is 2. The highest BCUT2D eigenvalue weighted by atomic mass is 19.1. The summed E-state index contributed by atoms with van der Waals surface area (Å²) in [5, 5.41) is 15.8. The number of aromatic nitrogens is 4. The molecule has 2 aliphatic rings. The van der Waals surface area contributed by atoms with Crippen LogP contribution in [0.15, 0.2) is 60.9 Å². The van der Waals surface area contributed by atoms with Crippen LogP contribution in [0.4, 0.5) is 10.2 Å². The maximum atomic E-state index is 15.2. The minimum absolute atomic E-state index is 0.0202. The summed E-state index contributed by atoms with van der Waals surface area (Å²) in [4.78, 5) is 5.02. The molecule has 1 N–H and O–H groups in total. The molecule has 6 rings (SSSR count). The third-order valence-corrected chi connectivity index (χ3v) is 9.63. The fourth-order valence-corrected chi connectivity index (χ4v) is 7.31. The molecule has 0 amide bonds. The summed E-state index contributed by atoms with van der Waals surface area (Å²) < 4.78 is 31.6. The van der Waals surface area contributed by atoms with Crippen molar-refractivity contribution in [3.8, 4) is 33.9 Å². The van der Waals surface area contributed by atoms with Gasteiger partial charge >= 0.3 is 0 Å². The minimum atomic E-state index is -0.399. The van der Waals surface area contributed by atoms with Gasteiger partial charge in [0, 0.05) is 60.7 Å². The molecule has 0 saturated carbocycles. The lowest BCUT2D eigenvalue weighted by atomic mass is 9.66. The van der Waals surface area contributed by atoms with Crippen LogP contribution in [0.5, 0.6) is 11.5 Å². The van der Waals surface area contributed by atoms with Crippen molar-refractivity contribution in [1.29, 1.82) is 0 Å². The van der Waals surface area contributed by atoms with E-state index in [0.29, 0.717) is 34.2 Å². The Morgan fingerprint density at radius 2 is 1.75 bits per heavy atom. The fraction of sp³-hybridized carbons (Fsp3) is 0.441. The van der Waals surface area contributed by atoms with Crippen LogP contribution in [0.25, 0.3) is 22.4 Å². The van der Waals surface area contributed by atoms with E-state index in [0.717, 1.165) is 31.0 Å². The Labute approximate surface area is 258 Å². The standard InChI is InChI=1S/C34H41FN6O3/c1-33-13-6-14-34(2,41(33)21-23-7-9-26(43-5)10-8-23)18-25(17-33)40(3)32-12-11-30(38-39-32)28-15-29(35)27(24-19-36-37-20-24)16-31(28)44-22-42-4/h7-12,15-16,19-20,25H,6,13-14,17-18,21-22H2,1-5H3,(H,36,37)/t25-,33+,34-. The summed E-state index contributed by atoms with van der Waals surface area (Å²) in [6.45, 7) is 5.79. The second-order valence-corrected chi connectivity index (χ2v) is 12.6. The van der Waals surface area contributed by atoms with Crippen molar-refractivity contribution in [3.05, 3.63) is 72.3 Å². The first kappa shape index (κ1) is 30.0. The van der Waals surface area contributed by atoms with E-state index in [-0.39, 0.29) is 17.9 Å². The van der Waals surface area contributed by atoms with Crippen LogP contribution in [0.2, 0.25) is 0 Å². The molecule has 44 heavy (non-hydrogen) atoms. The summed E-state index contributed by atoms with van der Waals surface area (Å²) >= 11 is 0. The van der Waals surface area contributed by atoms with Gasteiger partial charge in [0.15, 0.2) is 12.6 Å². The van der Waals surface area contributed by atoms with Gasteiger partial charge in [0.05, 0.1) is 19.0 Å². The fourth-order valence-electron chi connectivity index (χ4n) is 7.31. The number of hydrogen-bond acceptors (Lipinski definition) is 8. The molecule has 0 spiro atoms. The predicted molar refractivity (Wildman–Crippen MR) is 168 cm³/mol. The van der Waals surface area contributed by atoms with Crippen molar-refractivity contribution in [2.45, 2.75) is 69.6 Å². The lowest BCUT2D eigenvalue weighted by molar-refractivity contribution is -0.0976. The van der Waals surface area contributed by atoms with Gasteiger partial charge in [-0.2, -0.15) is 5.10 Å². The molecule has 2 bridgehead atoms. The maximum absolute atomic E-state index is 15.2. The lowest BCUT2D eigenvalue weighted by Crippen LogP contribution is -2.67. The highest BCUT2D eigenvalue weighted by Crippen LogP contribution is 2.50. The van der Waals surface area contributed by atoms with Gasteiger partial charge in [-0.1, -0.05) is 12.1 Å². The Bertz CT molecular complexity index is 1550. The van der Waals surface area contributed by atoms with E-state index in [1.165, 1.54) is 30.9 Å². The van der Waals surface area contributed by atoms with Gasteiger partial charge in [0.25, 0.3) is 0 Å². The average Bonchev–Trinajstić information content (AvgIpc) is 3.56. The molecule has 2 aliphatic heterocycles. The zero-order valence-corrected chi connectivity index (χ0v) is 26.1. The number of methoxy groups -OCH3 is 2. The van der Waals surface area contributed by atoms with Gasteiger partial charge in [0.1, 0.15) is 17.3 Å². The number of aromatic amines is 1. The Balaban J connectivity index is 1.22. The average molecular weight is 601 g/mol. The molecule has 2 saturated heterocycles. The molecule has 232 valence electrons. The van der Waals surface area contributed by atoms with E-state index in [1.807, 2.05) is 24.3 Å². The van der Waals surface area contributed by atoms with E-state index in [1.54, 1.807) is 32.7 Å². The van der Waals surface area contributed by atoms with Crippen molar-refractivity contribution >= 4 is 5.82 Å². The molecule has 2 aromatic heterocycles. The van der Waals surface area contributed by atoms with E-state index in [4.69, 9.17) is 14.2 Å². The van der Waals surface area contributed by atoms with Crippen molar-refractivity contribution in [3.63, 3.8) is 0 Å². The molecule has 0 radical (unpaired) electrons. The van der Waals surface area contributed by atoms with Gasteiger partial charge in [-0.15, -0.1) is 10.2 Å². The molecule has 2 aromatic carbocycles. The first-order chi connectivity index (χ1) is 21.2. The Morgan fingerprint density at radius 1 is 1.00 bits per heavy atom. The van der Waals surface area contributed by atoms with Gasteiger partial charge < -0.3 is 19.1 Å². The third-order valence-electron chi connectivity index (χ3n) is 9.63. The zero-order valence-electron chi connectivity index (χ0n) is 26.1. The Kier molecular flexibility index (Phi) is 8.30. The molecule has 10 heteroatoms. The number of rotatable bonds is 10. The molecular formula is C34H41FN6O3. The van der Waals surface area contributed by atoms with Crippen LogP contribution in [0.1, 0.15) is 51.5 Å². The van der Waals surface area contributed by atoms with E-state index < -0.39 is 5.82 Å². The summed E-state index contributed by atoms with van der Waals surface area (Å²) in [5.74, 6) is 1.73. The highest BCUT2D eigenvalue weighted by Gasteiger charge is 2.53. The molecule has 2 fully saturated rings. The largest absolute Gasteiger partial charge is 0.497 e. The normalized spacial score (nSPS) is 23.4. The zero-order chi connectivity index (χ0) is 30.9. The molecule has 4 heterocycles. The van der Waals surface area contributed by atoms with E-state index >= 15 is 4.39 Å². The predicted octanol–water partition coefficient (Wildman–Crippen LogP) is 6.47. The number of ether oxygens (including phenoxy) is 3. The molecular weight excluding hydrogens is 559 g/mol. The summed E-state index contributed by atoms with van der Waals surface area (Å²) in [5.41, 5.74) is 3.48. The third kappa shape index (κ3) is 5.76. The summed E-state index contributed by atoms with van der Waals surface area (Å²) in [7, 11) is 5.36. The first-order valence-corrected chi connectivity index (χ1v) is 15.1. The van der Waals surface area contributed by atoms with E-state index in [9.17, 15) is 0 Å². The molecule has 0 unspecified atom stereocenters. The number of halogens is 1. The number of nitrogens with zero attached hydrogens (tertiary/aromatic N) is 5. The molecule has 0 aliphatic carbocycles. The van der Waals surface area contributed by atoms with Gasteiger partial charge in [0.2, 0.25) is 0 Å². The van der Waals surface area contributed by atoms with Crippen molar-refractivity contribution in [2.75, 3.05) is 33.0 Å². The van der Waals surface area contributed by atoms with Gasteiger partial charge in [-0.3, -0.25) is 10.00 Å². The van der Waals surface area contributed by atoms with Crippen molar-refractivity contribution in [2.24, 2.45) is 0 Å². The second-order valence-electron chi connectivity index (χ2n) is 12.6. The topological polar surface area (TPSA) is 88.6 Å². The molecule has 4 aromatic rings. The molecule has 3 atom stereocenters. The summed E-state index contributed by atoms with van der Waals surface area (Å²) in [6.07, 6.45) is 8.85. The quantitative estimate of drug-likeness (QED) is 0.207. The second kappa shape index (κ2) is 12.2. The highest BCUT2D eigenvalue weighted by molar-refractivity contribution is 5.75. The smallest absolute Gasteiger partial charge is 0.188 e. The lowest BCUT2D eigenvalue weighted by Gasteiger charge is -2.62. The first-order valence-electron chi connectivity index (χ1n) is 15.1. The monoisotopic (exact) mass is 600 g/mol. The minimum Gasteiger partial charge on any atom is -0.497 e. The van der Waals surface area contributed by atoms with Crippen LogP contribution in [0, 0.1) is 5.82 Å². The van der Waals surface area contributed by atoms with Crippen LogP contribution in [-0.2, 0) is 11.3 Å². The van der Waals surface area contributed by atoms with Crippen molar-refractivity contribution in [1.82, 2.24) is 25.3 Å². The summed E-state index contributed by atoms with van der Waals surface area (Å²) in [6, 6.07) is 15.7. The van der Waals surface area contributed by atoms with Crippen LogP contribution in [-0.4, -0.2) is 70.5 Å². The van der Waals surface area contributed by atoms with Crippen LogP contribution >= 0.6 is 0 Å². The van der Waals surface area contributed by atoms with E-state index in [2.05, 4.69) is 63.2 Å². The Hall–Kier alpha value is -4.02.